The Balaban J connectivity index is 1.85. The fourth-order valence-corrected chi connectivity index (χ4v) is 6.18. The average molecular weight is 659 g/mol. The molecule has 3 aromatic carbocycles. The summed E-state index contributed by atoms with van der Waals surface area (Å²) in [5, 5.41) is 37.0. The Hall–Kier alpha value is -6.49. The number of anilines is 1. The molecular formula is C30H22N6O10S. The van der Waals surface area contributed by atoms with E-state index in [0.717, 1.165) is 28.0 Å². The van der Waals surface area contributed by atoms with E-state index in [4.69, 9.17) is 10.5 Å². The first-order valence-corrected chi connectivity index (χ1v) is 14.4. The summed E-state index contributed by atoms with van der Waals surface area (Å²) in [7, 11) is 0. The fraction of sp³-hybridized carbons (Fsp3) is 0.100. The lowest BCUT2D eigenvalue weighted by atomic mass is 9.82. The highest BCUT2D eigenvalue weighted by Crippen LogP contribution is 2.39. The summed E-state index contributed by atoms with van der Waals surface area (Å²) in [6.07, 6.45) is 1.35. The molecule has 17 heteroatoms. The number of carbonyl (C=O) groups is 2. The van der Waals surface area contributed by atoms with Crippen LogP contribution in [0.2, 0.25) is 0 Å². The topological polar surface area (TPSA) is 233 Å². The molecule has 2 heterocycles. The zero-order chi connectivity index (χ0) is 34.0. The maximum atomic E-state index is 14.2. The lowest BCUT2D eigenvalue weighted by Crippen LogP contribution is -2.42. The van der Waals surface area contributed by atoms with Gasteiger partial charge in [0.05, 0.1) is 43.0 Å². The van der Waals surface area contributed by atoms with E-state index in [-0.39, 0.29) is 60.8 Å². The molecule has 0 radical (unpaired) electrons. The number of benzene rings is 3. The monoisotopic (exact) mass is 658 g/mol. The molecule has 0 bridgehead atoms. The average Bonchev–Trinajstić information content (AvgIpc) is 3.36. The molecule has 1 amide bonds. The van der Waals surface area contributed by atoms with Gasteiger partial charge in [0.15, 0.2) is 0 Å². The molecule has 5 rings (SSSR count). The minimum absolute atomic E-state index is 0.00327. The highest BCUT2D eigenvalue weighted by Gasteiger charge is 2.40. The number of nitrogens with zero attached hydrogens (tertiary/aromatic N) is 4. The van der Waals surface area contributed by atoms with Crippen molar-refractivity contribution in [3.05, 3.63) is 139 Å². The van der Waals surface area contributed by atoms with Crippen LogP contribution in [0.5, 0.6) is 0 Å². The quantitative estimate of drug-likeness (QED) is 0.151. The van der Waals surface area contributed by atoms with E-state index in [1.54, 1.807) is 0 Å². The van der Waals surface area contributed by atoms with Gasteiger partial charge in [-0.1, -0.05) is 30.3 Å². The van der Waals surface area contributed by atoms with Gasteiger partial charge in [-0.2, -0.15) is 0 Å². The molecule has 1 unspecified atom stereocenters. The number of fused-ring (bicyclic) bond motifs is 1. The lowest BCUT2D eigenvalue weighted by Gasteiger charge is -2.27. The number of nitrogens with one attached hydrogen (secondary N) is 1. The highest BCUT2D eigenvalue weighted by molar-refractivity contribution is 7.07. The number of rotatable bonds is 9. The highest BCUT2D eigenvalue weighted by atomic mass is 32.1. The first-order valence-electron chi connectivity index (χ1n) is 13.6. The van der Waals surface area contributed by atoms with Crippen molar-refractivity contribution in [2.24, 2.45) is 5.73 Å². The third kappa shape index (κ3) is 6.22. The minimum atomic E-state index is -1.41. The summed E-state index contributed by atoms with van der Waals surface area (Å²) in [4.78, 5) is 74.0. The van der Waals surface area contributed by atoms with E-state index in [1.807, 2.05) is 0 Å². The zero-order valence-corrected chi connectivity index (χ0v) is 25.0. The third-order valence-electron chi connectivity index (χ3n) is 7.00. The molecule has 0 fully saturated rings. The Labute approximate surface area is 266 Å². The summed E-state index contributed by atoms with van der Waals surface area (Å²) in [5.41, 5.74) is 4.55. The normalized spacial score (nSPS) is 14.4. The van der Waals surface area contributed by atoms with Crippen LogP contribution in [0, 0.1) is 30.3 Å². The molecule has 1 aromatic heterocycles. The third-order valence-corrected chi connectivity index (χ3v) is 8.10. The van der Waals surface area contributed by atoms with Crippen molar-refractivity contribution in [3.63, 3.8) is 0 Å². The predicted molar refractivity (Wildman–Crippen MR) is 170 cm³/mol. The number of ether oxygens (including phenoxy) is 1. The Morgan fingerprint density at radius 2 is 1.51 bits per heavy atom. The summed E-state index contributed by atoms with van der Waals surface area (Å²) in [6.45, 7) is 1.40. The Morgan fingerprint density at radius 3 is 2.15 bits per heavy atom. The number of esters is 1. The number of nitrogens with two attached hydrogens (primary N) is 1. The first kappa shape index (κ1) is 31.9. The molecule has 3 N–H and O–H groups in total. The van der Waals surface area contributed by atoms with Crippen molar-refractivity contribution in [2.75, 3.05) is 11.9 Å². The van der Waals surface area contributed by atoms with Crippen LogP contribution in [0.25, 0.3) is 17.5 Å². The molecular weight excluding hydrogens is 636 g/mol. The van der Waals surface area contributed by atoms with Crippen LogP contribution in [0.3, 0.4) is 0 Å². The zero-order valence-electron chi connectivity index (χ0n) is 24.1. The van der Waals surface area contributed by atoms with Gasteiger partial charge in [0.2, 0.25) is 0 Å². The number of non-ortho nitro benzene ring substituents is 3. The first-order chi connectivity index (χ1) is 22.4. The van der Waals surface area contributed by atoms with Crippen LogP contribution in [0.1, 0.15) is 24.0 Å². The van der Waals surface area contributed by atoms with Crippen LogP contribution < -0.4 is 25.8 Å². The van der Waals surface area contributed by atoms with Gasteiger partial charge in [0.25, 0.3) is 28.5 Å². The van der Waals surface area contributed by atoms with E-state index >= 15 is 0 Å². The van der Waals surface area contributed by atoms with Gasteiger partial charge in [-0.3, -0.25) is 44.5 Å². The molecule has 0 saturated carbocycles. The number of nitro benzene ring substituents is 3. The van der Waals surface area contributed by atoms with Crippen molar-refractivity contribution in [1.82, 2.24) is 4.57 Å². The smallest absolute Gasteiger partial charge is 0.338 e. The number of nitro groups is 3. The van der Waals surface area contributed by atoms with Crippen LogP contribution >= 0.6 is 11.3 Å². The van der Waals surface area contributed by atoms with Crippen molar-refractivity contribution in [2.45, 2.75) is 12.8 Å². The summed E-state index contributed by atoms with van der Waals surface area (Å²) in [6, 6.07) is 15.6. The second kappa shape index (κ2) is 12.9. The standard InChI is InChI=1S/C30H22N6O10S/c1-2-46-30(39)24-23(17-7-4-10-20(14-17)35(42)43)25(27(37)32-18-8-5-11-21(15-18)36(44)45)29-33(26(24)31)28(38)22(47-29)13-16-6-3-9-19(12-16)34(40)41/h3-15,23H,2,31H2,1H3,(H,32,37)/b22-13-. The van der Waals surface area contributed by atoms with E-state index < -0.39 is 43.9 Å². The van der Waals surface area contributed by atoms with E-state index in [9.17, 15) is 44.7 Å². The molecule has 4 aromatic rings. The van der Waals surface area contributed by atoms with Gasteiger partial charge < -0.3 is 15.8 Å². The molecule has 1 aliphatic rings. The number of aromatic nitrogens is 1. The van der Waals surface area contributed by atoms with E-state index in [2.05, 4.69) is 5.32 Å². The van der Waals surface area contributed by atoms with Crippen molar-refractivity contribution in [1.29, 1.82) is 0 Å². The number of carbonyl (C=O) groups excluding carboxylic acids is 2. The SMILES string of the molecule is CCOC(=O)C1=C(N)n2c(s/c(=C\c3cccc([N+](=O)[O-])c3)c2=O)=C(C(=O)Nc2cccc([N+](=O)[O-])c2)C1c1cccc([N+](=O)[O-])c1. The molecule has 47 heavy (non-hydrogen) atoms. The Kier molecular flexibility index (Phi) is 8.73. The maximum absolute atomic E-state index is 14.2. The fourth-order valence-electron chi connectivity index (χ4n) is 5.00. The largest absolute Gasteiger partial charge is 0.463 e. The predicted octanol–water partition coefficient (Wildman–Crippen LogP) is 2.74. The molecule has 238 valence electrons. The van der Waals surface area contributed by atoms with Gasteiger partial charge in [0.1, 0.15) is 10.5 Å². The number of amides is 1. The number of hydrogen-bond acceptors (Lipinski definition) is 12. The maximum Gasteiger partial charge on any atom is 0.338 e. The van der Waals surface area contributed by atoms with E-state index in [1.165, 1.54) is 73.7 Å². The van der Waals surface area contributed by atoms with Crippen LogP contribution in [0.15, 0.2) is 83.2 Å². The minimum Gasteiger partial charge on any atom is -0.463 e. The second-order valence-corrected chi connectivity index (χ2v) is 10.9. The van der Waals surface area contributed by atoms with Crippen LogP contribution in [-0.2, 0) is 14.3 Å². The van der Waals surface area contributed by atoms with Crippen molar-refractivity contribution in [3.8, 4) is 0 Å². The summed E-state index contributed by atoms with van der Waals surface area (Å²) < 4.78 is 6.10. The second-order valence-electron chi connectivity index (χ2n) is 9.89. The van der Waals surface area contributed by atoms with Crippen molar-refractivity contribution >= 4 is 63.4 Å². The van der Waals surface area contributed by atoms with Gasteiger partial charge in [-0.05, 0) is 30.2 Å². The van der Waals surface area contributed by atoms with Crippen LogP contribution in [0.4, 0.5) is 22.7 Å². The molecule has 0 spiro atoms. The lowest BCUT2D eigenvalue weighted by molar-refractivity contribution is -0.385. The van der Waals surface area contributed by atoms with Gasteiger partial charge >= 0.3 is 5.97 Å². The van der Waals surface area contributed by atoms with Crippen LogP contribution in [-0.4, -0.2) is 37.8 Å². The molecule has 0 aliphatic carbocycles. The van der Waals surface area contributed by atoms with Crippen molar-refractivity contribution < 1.29 is 29.1 Å². The molecule has 16 nitrogen and oxygen atoms in total. The van der Waals surface area contributed by atoms with Gasteiger partial charge in [-0.25, -0.2) is 4.79 Å². The molecule has 1 atom stereocenters. The van der Waals surface area contributed by atoms with Gasteiger partial charge in [0, 0.05) is 42.1 Å². The summed E-state index contributed by atoms with van der Waals surface area (Å²) in [5.74, 6) is -3.72. The Bertz CT molecular complexity index is 2220. The number of thiazole rings is 1. The number of hydrogen-bond donors (Lipinski definition) is 2. The Morgan fingerprint density at radius 1 is 0.915 bits per heavy atom. The summed E-state index contributed by atoms with van der Waals surface area (Å²) >= 11 is 0.785. The molecule has 0 saturated heterocycles. The van der Waals surface area contributed by atoms with Gasteiger partial charge in [-0.15, -0.1) is 11.3 Å². The van der Waals surface area contributed by atoms with E-state index in [0.29, 0.717) is 0 Å². The molecule has 1 aliphatic heterocycles.